The summed E-state index contributed by atoms with van der Waals surface area (Å²) in [4.78, 5) is 83.0. The number of alkyl halides is 3. The highest BCUT2D eigenvalue weighted by molar-refractivity contribution is 5.95. The molecule has 2 aromatic carbocycles. The Morgan fingerprint density at radius 3 is 2.09 bits per heavy atom. The Bertz CT molecular complexity index is 2380. The molecule has 1 amide bonds. The summed E-state index contributed by atoms with van der Waals surface area (Å²) in [6, 6.07) is 3.79. The van der Waals surface area contributed by atoms with Gasteiger partial charge >= 0.3 is 36.1 Å². The Morgan fingerprint density at radius 2 is 1.55 bits per heavy atom. The molecule has 11 atom stereocenters. The van der Waals surface area contributed by atoms with E-state index in [1.54, 1.807) is 0 Å². The van der Waals surface area contributed by atoms with Gasteiger partial charge in [-0.2, -0.15) is 13.2 Å². The Hall–Kier alpha value is -5.51. The van der Waals surface area contributed by atoms with Crippen LogP contribution in [0.4, 0.5) is 26.7 Å². The van der Waals surface area contributed by atoms with Crippen LogP contribution in [0, 0.1) is 28.4 Å². The van der Waals surface area contributed by atoms with E-state index in [4.69, 9.17) is 28.4 Å². The highest BCUT2D eigenvalue weighted by atomic mass is 19.4. The van der Waals surface area contributed by atoms with Crippen LogP contribution in [0.3, 0.4) is 0 Å². The van der Waals surface area contributed by atoms with Gasteiger partial charge in [0.2, 0.25) is 0 Å². The minimum absolute atomic E-state index is 0.00880. The second-order valence-electron chi connectivity index (χ2n) is 19.1. The van der Waals surface area contributed by atoms with E-state index in [2.05, 4.69) is 5.32 Å². The highest BCUT2D eigenvalue weighted by Gasteiger charge is 2.78. The molecule has 0 spiro atoms. The van der Waals surface area contributed by atoms with Crippen LogP contribution < -0.4 is 5.32 Å². The average molecular weight is 954 g/mol. The first-order valence-electron chi connectivity index (χ1n) is 21.2. The van der Waals surface area contributed by atoms with E-state index in [-0.39, 0.29) is 22.8 Å². The smallest absolute Gasteiger partial charge is 0.419 e. The van der Waals surface area contributed by atoms with Crippen LogP contribution in [-0.2, 0) is 53.8 Å². The third-order valence-corrected chi connectivity index (χ3v) is 13.4. The number of Topliss-reactive ketones (excluding diaryl/α,β-unsaturated/α-hetero) is 1. The summed E-state index contributed by atoms with van der Waals surface area (Å²) in [6.45, 7) is 11.2. The number of carbonyl (C=O) groups excluding carboxylic acids is 6. The maximum absolute atomic E-state index is 15.5. The largest absolute Gasteiger partial charge is 0.456 e. The normalized spacial score (nSPS) is 31.0. The number of ketones is 1. The Kier molecular flexibility index (Phi) is 13.3. The summed E-state index contributed by atoms with van der Waals surface area (Å²) >= 11 is 0. The van der Waals surface area contributed by atoms with Crippen molar-refractivity contribution in [2.24, 2.45) is 16.7 Å². The molecule has 1 aliphatic heterocycles. The number of hydrogen-bond acceptors (Lipinski definition) is 15. The Balaban J connectivity index is 1.56. The first kappa shape index (κ1) is 50.9. The molecule has 2 aromatic rings. The van der Waals surface area contributed by atoms with Gasteiger partial charge in [0.1, 0.15) is 41.1 Å². The maximum Gasteiger partial charge on any atom is 0.419 e. The number of esters is 4. The molecule has 3 aliphatic carbocycles. The van der Waals surface area contributed by atoms with Gasteiger partial charge in [0.15, 0.2) is 23.6 Å². The van der Waals surface area contributed by atoms with Crippen LogP contribution in [0.1, 0.15) is 103 Å². The third-order valence-electron chi connectivity index (χ3n) is 13.4. The van der Waals surface area contributed by atoms with Crippen molar-refractivity contribution in [3.05, 3.63) is 81.9 Å². The molecule has 4 N–H and O–H groups in total. The molecular weight excluding hydrogens is 901 g/mol. The highest BCUT2D eigenvalue weighted by Crippen LogP contribution is 2.64. The number of hydrogen-bond donors (Lipinski definition) is 4. The molecule has 0 aromatic heterocycles. The Labute approximate surface area is 381 Å². The van der Waals surface area contributed by atoms with Crippen LogP contribution >= 0.6 is 0 Å². The zero-order valence-electron chi connectivity index (χ0n) is 37.9. The number of aliphatic hydroxyl groups is 3. The molecule has 366 valence electrons. The fourth-order valence-electron chi connectivity index (χ4n) is 10.1. The molecule has 1 saturated heterocycles. The number of nitrogens with one attached hydrogen (secondary N) is 1. The zero-order valence-corrected chi connectivity index (χ0v) is 37.9. The van der Waals surface area contributed by atoms with Crippen LogP contribution in [0.2, 0.25) is 0 Å². The standard InChI is InChI=1S/C46H52F5NO15/c1-20-28(64-39(59)33(56)32(23-10-13-25(47)14-11-23)52-40(60)67-41(4,5)6)18-45(61)37(65-38(58)24-12-15-27(48)26(16-24)46(49,50)51)35-43(9,29(55)17-30-44(35,19-62-30)66-22(3)54)36(57)34(63-21(2)53)31(20)42(45,7)8/h10-16,28-30,32-35,37,55-56,61H,17-19H2,1-9H3,(H,52,60)/t28-,29-,30+,32-,33+,34+,35-,37-,43+,44-,45+/m0/s1. The van der Waals surface area contributed by atoms with Crippen LogP contribution in [0.25, 0.3) is 0 Å². The van der Waals surface area contributed by atoms with Crippen molar-refractivity contribution in [3.63, 3.8) is 0 Å². The number of ether oxygens (including phenoxy) is 6. The van der Waals surface area contributed by atoms with E-state index in [0.29, 0.717) is 12.1 Å². The van der Waals surface area contributed by atoms with Crippen LogP contribution in [0.15, 0.2) is 53.6 Å². The monoisotopic (exact) mass is 953 g/mol. The number of benzene rings is 2. The minimum atomic E-state index is -5.30. The summed E-state index contributed by atoms with van der Waals surface area (Å²) in [5, 5.41) is 39.6. The number of aliphatic hydroxyl groups excluding tert-OH is 2. The lowest BCUT2D eigenvalue weighted by atomic mass is 9.44. The van der Waals surface area contributed by atoms with E-state index >= 15 is 4.79 Å². The molecule has 1 heterocycles. The number of amides is 1. The van der Waals surface area contributed by atoms with E-state index in [9.17, 15) is 61.2 Å². The van der Waals surface area contributed by atoms with Crippen molar-refractivity contribution >= 4 is 35.8 Å². The number of fused-ring (bicyclic) bond motifs is 5. The summed E-state index contributed by atoms with van der Waals surface area (Å²) in [7, 11) is 0. The molecule has 4 aliphatic rings. The summed E-state index contributed by atoms with van der Waals surface area (Å²) < 4.78 is 105. The van der Waals surface area contributed by atoms with Crippen molar-refractivity contribution in [3.8, 4) is 0 Å². The summed E-state index contributed by atoms with van der Waals surface area (Å²) in [6.07, 6.45) is -19.2. The van der Waals surface area contributed by atoms with Gasteiger partial charge < -0.3 is 49.1 Å². The van der Waals surface area contributed by atoms with Crippen LogP contribution in [0.5, 0.6) is 0 Å². The summed E-state index contributed by atoms with van der Waals surface area (Å²) in [5.41, 5.74) is -13.3. The van der Waals surface area contributed by atoms with Gasteiger partial charge in [-0.05, 0) is 81.7 Å². The quantitative estimate of drug-likeness (QED) is 0.111. The van der Waals surface area contributed by atoms with Crippen molar-refractivity contribution in [1.82, 2.24) is 5.32 Å². The Morgan fingerprint density at radius 1 is 0.925 bits per heavy atom. The molecule has 2 saturated carbocycles. The predicted molar refractivity (Wildman–Crippen MR) is 218 cm³/mol. The molecule has 2 bridgehead atoms. The number of halogens is 5. The van der Waals surface area contributed by atoms with Crippen molar-refractivity contribution < 1.29 is 94.5 Å². The number of alkyl carbamates (subject to hydrolysis) is 1. The molecule has 3 fully saturated rings. The number of carbonyl (C=O) groups is 6. The molecule has 21 heteroatoms. The van der Waals surface area contributed by atoms with E-state index in [1.807, 2.05) is 0 Å². The lowest BCUT2D eigenvalue weighted by molar-refractivity contribution is -0.346. The van der Waals surface area contributed by atoms with Gasteiger partial charge in [0, 0.05) is 32.1 Å². The van der Waals surface area contributed by atoms with E-state index in [0.717, 1.165) is 38.1 Å². The molecule has 0 radical (unpaired) electrons. The SMILES string of the molecule is CC(=O)O[C@H]1C(=O)[C@@]2(C)[C@H]([C@H](OC(=O)c3ccc(F)c(C(F)(F)F)c3)[C@]3(O)C[C@H](OC(=O)[C@H](O)[C@@H](NC(=O)OC(C)(C)C)c4ccc(F)cc4)C(C)=C1C3(C)C)[C@]1(OC(C)=O)CO[C@@H]1C[C@@H]2O. The maximum atomic E-state index is 15.5. The lowest BCUT2D eigenvalue weighted by Crippen LogP contribution is -2.82. The van der Waals surface area contributed by atoms with Gasteiger partial charge in [-0.15, -0.1) is 0 Å². The molecule has 0 unspecified atom stereocenters. The second-order valence-corrected chi connectivity index (χ2v) is 19.1. The van der Waals surface area contributed by atoms with Crippen molar-refractivity contribution in [2.75, 3.05) is 6.61 Å². The van der Waals surface area contributed by atoms with E-state index < -0.39 is 160 Å². The molecular formula is C46H52F5NO15. The molecule has 16 nitrogen and oxygen atoms in total. The first-order valence-corrected chi connectivity index (χ1v) is 21.2. The van der Waals surface area contributed by atoms with Crippen molar-refractivity contribution in [2.45, 2.75) is 141 Å². The molecule has 6 rings (SSSR count). The summed E-state index contributed by atoms with van der Waals surface area (Å²) in [5.74, 6) is -10.6. The van der Waals surface area contributed by atoms with Gasteiger partial charge in [-0.3, -0.25) is 14.4 Å². The fourth-order valence-corrected chi connectivity index (χ4v) is 10.1. The number of rotatable bonds is 9. The topological polar surface area (TPSA) is 231 Å². The average Bonchev–Trinajstić information content (AvgIpc) is 3.20. The third kappa shape index (κ3) is 9.02. The van der Waals surface area contributed by atoms with Crippen LogP contribution in [-0.4, -0.2) is 111 Å². The fraction of sp³-hybridized carbons (Fsp3) is 0.565. The molecule has 67 heavy (non-hydrogen) atoms. The van der Waals surface area contributed by atoms with Gasteiger partial charge in [0.05, 0.1) is 41.2 Å². The van der Waals surface area contributed by atoms with Gasteiger partial charge in [-0.25, -0.2) is 23.2 Å². The first-order chi connectivity index (χ1) is 30.8. The second kappa shape index (κ2) is 17.5. The van der Waals surface area contributed by atoms with Gasteiger partial charge in [0.25, 0.3) is 0 Å². The van der Waals surface area contributed by atoms with Crippen molar-refractivity contribution in [1.29, 1.82) is 0 Å². The van der Waals surface area contributed by atoms with Gasteiger partial charge in [-0.1, -0.05) is 26.0 Å². The minimum Gasteiger partial charge on any atom is -0.456 e. The van der Waals surface area contributed by atoms with E-state index in [1.165, 1.54) is 48.5 Å². The lowest BCUT2D eigenvalue weighted by Gasteiger charge is -2.67. The predicted octanol–water partition coefficient (Wildman–Crippen LogP) is 5.13. The zero-order chi connectivity index (χ0) is 50.1.